The zero-order valence-corrected chi connectivity index (χ0v) is 14.4. The summed E-state index contributed by atoms with van der Waals surface area (Å²) in [6.45, 7) is 0.112. The molecule has 1 aliphatic heterocycles. The van der Waals surface area contributed by atoms with Crippen molar-refractivity contribution in [2.45, 2.75) is 16.7 Å². The largest absolute Gasteiger partial charge is 0.469 e. The number of thiophene rings is 1. The highest BCUT2D eigenvalue weighted by Gasteiger charge is 2.26. The Morgan fingerprint density at radius 3 is 2.83 bits per heavy atom. The van der Waals surface area contributed by atoms with E-state index >= 15 is 0 Å². The van der Waals surface area contributed by atoms with Crippen LogP contribution in [-0.4, -0.2) is 28.3 Å². The first-order valence-electron chi connectivity index (χ1n) is 7.02. The summed E-state index contributed by atoms with van der Waals surface area (Å²) in [4.78, 5) is 11.7. The number of sulfonamides is 1. The van der Waals surface area contributed by atoms with E-state index in [1.807, 2.05) is 0 Å². The maximum Gasteiger partial charge on any atom is 0.307 e. The minimum atomic E-state index is -3.74. The Morgan fingerprint density at radius 1 is 1.33 bits per heavy atom. The van der Waals surface area contributed by atoms with Crippen LogP contribution in [-0.2, 0) is 19.6 Å². The quantitative estimate of drug-likeness (QED) is 0.784. The number of ether oxygens (including phenoxy) is 3. The van der Waals surface area contributed by atoms with Crippen molar-refractivity contribution >= 4 is 27.3 Å². The van der Waals surface area contributed by atoms with Gasteiger partial charge >= 0.3 is 5.97 Å². The van der Waals surface area contributed by atoms with Gasteiger partial charge in [0.2, 0.25) is 6.79 Å². The first-order valence-corrected chi connectivity index (χ1v) is 9.38. The molecule has 0 fully saturated rings. The highest BCUT2D eigenvalue weighted by molar-refractivity contribution is 7.91. The second-order valence-corrected chi connectivity index (χ2v) is 7.89. The van der Waals surface area contributed by atoms with Gasteiger partial charge in [-0.1, -0.05) is 12.1 Å². The van der Waals surface area contributed by atoms with Crippen LogP contribution in [0.2, 0.25) is 0 Å². The zero-order valence-electron chi connectivity index (χ0n) is 12.7. The SMILES string of the molecule is COC(=O)C[C@H](NS(=O)(=O)c1cccs1)c1ccc2c(c1)OCO2. The molecule has 1 N–H and O–H groups in total. The number of carbonyl (C=O) groups excluding carboxylic acids is 1. The average Bonchev–Trinajstić information content (AvgIpc) is 3.24. The first kappa shape index (κ1) is 16.7. The number of benzene rings is 1. The molecule has 2 heterocycles. The highest BCUT2D eigenvalue weighted by atomic mass is 32.2. The van der Waals surface area contributed by atoms with Gasteiger partial charge < -0.3 is 14.2 Å². The first-order chi connectivity index (χ1) is 11.5. The minimum Gasteiger partial charge on any atom is -0.469 e. The van der Waals surface area contributed by atoms with E-state index in [1.165, 1.54) is 13.2 Å². The van der Waals surface area contributed by atoms with E-state index in [9.17, 15) is 13.2 Å². The van der Waals surface area contributed by atoms with Crippen LogP contribution in [0.15, 0.2) is 39.9 Å². The van der Waals surface area contributed by atoms with Gasteiger partial charge in [-0.2, -0.15) is 0 Å². The van der Waals surface area contributed by atoms with Gasteiger partial charge in [0.05, 0.1) is 19.6 Å². The Kier molecular flexibility index (Phi) is 4.74. The normalized spacial score (nSPS) is 14.4. The van der Waals surface area contributed by atoms with E-state index < -0.39 is 22.0 Å². The van der Waals surface area contributed by atoms with Crippen molar-refractivity contribution < 1.29 is 27.4 Å². The summed E-state index contributed by atoms with van der Waals surface area (Å²) in [6.07, 6.45) is -0.138. The molecule has 3 rings (SSSR count). The monoisotopic (exact) mass is 369 g/mol. The number of methoxy groups -OCH3 is 1. The van der Waals surface area contributed by atoms with Crippen LogP contribution in [0, 0.1) is 0 Å². The lowest BCUT2D eigenvalue weighted by Gasteiger charge is -2.18. The van der Waals surface area contributed by atoms with Crippen LogP contribution in [0.1, 0.15) is 18.0 Å². The van der Waals surface area contributed by atoms with Crippen LogP contribution < -0.4 is 14.2 Å². The van der Waals surface area contributed by atoms with Crippen LogP contribution in [0.4, 0.5) is 0 Å². The van der Waals surface area contributed by atoms with Crippen molar-refractivity contribution in [2.75, 3.05) is 13.9 Å². The van der Waals surface area contributed by atoms with Gasteiger partial charge in [0.1, 0.15) is 4.21 Å². The van der Waals surface area contributed by atoms with Crippen molar-refractivity contribution in [3.05, 3.63) is 41.3 Å². The molecule has 0 radical (unpaired) electrons. The number of esters is 1. The second kappa shape index (κ2) is 6.80. The van der Waals surface area contributed by atoms with E-state index in [4.69, 9.17) is 9.47 Å². The summed E-state index contributed by atoms with van der Waals surface area (Å²) >= 11 is 1.10. The maximum atomic E-state index is 12.5. The fraction of sp³-hybridized carbons (Fsp3) is 0.267. The Morgan fingerprint density at radius 2 is 2.12 bits per heavy atom. The van der Waals surface area contributed by atoms with Crippen molar-refractivity contribution in [1.29, 1.82) is 0 Å². The van der Waals surface area contributed by atoms with E-state index in [2.05, 4.69) is 9.46 Å². The number of rotatable bonds is 6. The minimum absolute atomic E-state index is 0.112. The summed E-state index contributed by atoms with van der Waals surface area (Å²) in [7, 11) is -2.49. The third kappa shape index (κ3) is 3.53. The van der Waals surface area contributed by atoms with Gasteiger partial charge in [-0.25, -0.2) is 13.1 Å². The van der Waals surface area contributed by atoms with E-state index in [0.29, 0.717) is 17.1 Å². The van der Waals surface area contributed by atoms with Crippen LogP contribution >= 0.6 is 11.3 Å². The topological polar surface area (TPSA) is 90.9 Å². The third-order valence-electron chi connectivity index (χ3n) is 3.45. The van der Waals surface area contributed by atoms with Crippen LogP contribution in [0.25, 0.3) is 0 Å². The molecule has 0 aliphatic carbocycles. The number of nitrogens with one attached hydrogen (secondary N) is 1. The van der Waals surface area contributed by atoms with Crippen molar-refractivity contribution in [3.63, 3.8) is 0 Å². The molecule has 24 heavy (non-hydrogen) atoms. The summed E-state index contributed by atoms with van der Waals surface area (Å²) in [5.41, 5.74) is 0.588. The van der Waals surface area contributed by atoms with Gasteiger partial charge in [-0.3, -0.25) is 4.79 Å². The van der Waals surface area contributed by atoms with Gasteiger partial charge in [-0.05, 0) is 29.1 Å². The molecule has 0 saturated heterocycles. The molecule has 1 aromatic heterocycles. The molecule has 0 saturated carbocycles. The van der Waals surface area contributed by atoms with Gasteiger partial charge in [-0.15, -0.1) is 11.3 Å². The molecule has 128 valence electrons. The number of carbonyl (C=O) groups is 1. The predicted octanol–water partition coefficient (Wildman–Crippen LogP) is 2.06. The van der Waals surface area contributed by atoms with Gasteiger partial charge in [0.15, 0.2) is 11.5 Å². The average molecular weight is 369 g/mol. The Hall–Kier alpha value is -2.10. The lowest BCUT2D eigenvalue weighted by Crippen LogP contribution is -2.30. The molecule has 0 bridgehead atoms. The number of hydrogen-bond donors (Lipinski definition) is 1. The zero-order chi connectivity index (χ0) is 17.2. The molecule has 0 unspecified atom stereocenters. The molecule has 0 spiro atoms. The van der Waals surface area contributed by atoms with Crippen molar-refractivity contribution in [2.24, 2.45) is 0 Å². The molecule has 2 aromatic rings. The maximum absolute atomic E-state index is 12.5. The van der Waals surface area contributed by atoms with E-state index in [-0.39, 0.29) is 17.4 Å². The summed E-state index contributed by atoms with van der Waals surface area (Å²) in [5.74, 6) is 0.570. The number of hydrogen-bond acceptors (Lipinski definition) is 7. The summed E-state index contributed by atoms with van der Waals surface area (Å²) in [6, 6.07) is 7.41. The fourth-order valence-electron chi connectivity index (χ4n) is 2.27. The smallest absolute Gasteiger partial charge is 0.307 e. The molecule has 7 nitrogen and oxygen atoms in total. The molecular weight excluding hydrogens is 354 g/mol. The van der Waals surface area contributed by atoms with Crippen molar-refractivity contribution in [1.82, 2.24) is 4.72 Å². The van der Waals surface area contributed by atoms with E-state index in [1.54, 1.807) is 29.6 Å². The Labute approximate surface area is 143 Å². The molecule has 9 heteroatoms. The van der Waals surface area contributed by atoms with Crippen molar-refractivity contribution in [3.8, 4) is 11.5 Å². The van der Waals surface area contributed by atoms with Crippen LogP contribution in [0.3, 0.4) is 0 Å². The van der Waals surface area contributed by atoms with Gasteiger partial charge in [0.25, 0.3) is 10.0 Å². The van der Waals surface area contributed by atoms with Crippen LogP contribution in [0.5, 0.6) is 11.5 Å². The predicted molar refractivity (Wildman–Crippen MR) is 86.6 cm³/mol. The van der Waals surface area contributed by atoms with Gasteiger partial charge in [0, 0.05) is 0 Å². The molecule has 1 aromatic carbocycles. The molecule has 1 aliphatic rings. The van der Waals surface area contributed by atoms with E-state index in [0.717, 1.165) is 11.3 Å². The molecule has 0 amide bonds. The lowest BCUT2D eigenvalue weighted by atomic mass is 10.0. The molecular formula is C15H15NO6S2. The summed E-state index contributed by atoms with van der Waals surface area (Å²) in [5, 5.41) is 1.67. The summed E-state index contributed by atoms with van der Waals surface area (Å²) < 4.78 is 42.9. The standard InChI is InChI=1S/C15H15NO6S2/c1-20-14(17)8-11(16-24(18,19)15-3-2-6-23-15)10-4-5-12-13(7-10)22-9-21-12/h2-7,11,16H,8-9H2,1H3/t11-/m0/s1. The third-order valence-corrected chi connectivity index (χ3v) is 6.32. The second-order valence-electron chi connectivity index (χ2n) is 5.00. The molecule has 1 atom stereocenters. The highest BCUT2D eigenvalue weighted by Crippen LogP contribution is 2.35. The Bertz CT molecular complexity index is 832. The number of fused-ring (bicyclic) bond motifs is 1. The Balaban J connectivity index is 1.90. The lowest BCUT2D eigenvalue weighted by molar-refractivity contribution is -0.141. The fourth-order valence-corrected chi connectivity index (χ4v) is 4.50.